The van der Waals surface area contributed by atoms with E-state index >= 15 is 0 Å². The van der Waals surface area contributed by atoms with Gasteiger partial charge in [0.1, 0.15) is 6.33 Å². The quantitative estimate of drug-likeness (QED) is 0.789. The number of nitrogens with one attached hydrogen (secondary N) is 1. The molecule has 2 aromatic heterocycles. The average Bonchev–Trinajstić information content (AvgIpc) is 2.87. The monoisotopic (exact) mass is 259 g/mol. The van der Waals surface area contributed by atoms with Crippen molar-refractivity contribution in [3.05, 3.63) is 24.3 Å². The van der Waals surface area contributed by atoms with E-state index in [-0.39, 0.29) is 5.41 Å². The first-order valence-electron chi connectivity index (χ1n) is 7.49. The van der Waals surface area contributed by atoms with Crippen LogP contribution in [0.2, 0.25) is 0 Å². The van der Waals surface area contributed by atoms with Gasteiger partial charge in [-0.3, -0.25) is 0 Å². The summed E-state index contributed by atoms with van der Waals surface area (Å²) in [6.07, 6.45) is 11.0. The van der Waals surface area contributed by atoms with E-state index in [1.165, 1.54) is 44.2 Å². The van der Waals surface area contributed by atoms with Crippen molar-refractivity contribution in [1.82, 2.24) is 15.0 Å². The third-order valence-electron chi connectivity index (χ3n) is 4.11. The molecule has 0 aliphatic heterocycles. The molecule has 0 unspecified atom stereocenters. The summed E-state index contributed by atoms with van der Waals surface area (Å²) in [5.41, 5.74) is 3.65. The summed E-state index contributed by atoms with van der Waals surface area (Å²) in [5, 5.41) is 0. The molecule has 0 saturated heterocycles. The molecule has 0 bridgehead atoms. The largest absolute Gasteiger partial charge is 0.355 e. The van der Waals surface area contributed by atoms with Gasteiger partial charge in [-0.05, 0) is 18.9 Å². The second kappa shape index (κ2) is 6.18. The summed E-state index contributed by atoms with van der Waals surface area (Å²) < 4.78 is 0. The number of nitrogens with zero attached hydrogens (tertiary/aromatic N) is 2. The van der Waals surface area contributed by atoms with Gasteiger partial charge in [0.25, 0.3) is 0 Å². The van der Waals surface area contributed by atoms with E-state index in [2.05, 4.69) is 41.8 Å². The van der Waals surface area contributed by atoms with Gasteiger partial charge in [-0.25, -0.2) is 9.97 Å². The van der Waals surface area contributed by atoms with Crippen LogP contribution in [0.25, 0.3) is 11.0 Å². The highest BCUT2D eigenvalue weighted by atomic mass is 14.9. The number of H-pyrrole nitrogens is 1. The first-order valence-corrected chi connectivity index (χ1v) is 7.49. The number of fused-ring (bicyclic) bond motifs is 1. The first-order chi connectivity index (χ1) is 9.19. The van der Waals surface area contributed by atoms with Crippen LogP contribution in [0.3, 0.4) is 0 Å². The van der Waals surface area contributed by atoms with E-state index in [0.29, 0.717) is 0 Å². The standard InChI is InChI=1S/C16H25N3/c1-4-6-8-16(3,9-7-5-2)15-10-13-14(19-15)11-17-12-18-13/h10-12,19H,4-9H2,1-3H3. The van der Waals surface area contributed by atoms with Gasteiger partial charge < -0.3 is 4.98 Å². The van der Waals surface area contributed by atoms with Gasteiger partial charge in [0.2, 0.25) is 0 Å². The van der Waals surface area contributed by atoms with Crippen LogP contribution in [0.15, 0.2) is 18.6 Å². The highest BCUT2D eigenvalue weighted by Crippen LogP contribution is 2.35. The SMILES string of the molecule is CCCCC(C)(CCCC)c1cc2ncncc2[nH]1. The number of rotatable bonds is 7. The van der Waals surface area contributed by atoms with Crippen molar-refractivity contribution in [3.8, 4) is 0 Å². The first kappa shape index (κ1) is 14.0. The molecule has 0 aromatic carbocycles. The van der Waals surface area contributed by atoms with Gasteiger partial charge in [-0.15, -0.1) is 0 Å². The lowest BCUT2D eigenvalue weighted by Crippen LogP contribution is -2.22. The molecule has 0 aliphatic rings. The average molecular weight is 259 g/mol. The summed E-state index contributed by atoms with van der Waals surface area (Å²) in [5.74, 6) is 0. The molecular formula is C16H25N3. The van der Waals surface area contributed by atoms with Crippen LogP contribution < -0.4 is 0 Å². The predicted octanol–water partition coefficient (Wildman–Crippen LogP) is 4.60. The van der Waals surface area contributed by atoms with E-state index in [1.54, 1.807) is 6.33 Å². The van der Waals surface area contributed by atoms with Crippen LogP contribution in [-0.4, -0.2) is 15.0 Å². The van der Waals surface area contributed by atoms with E-state index < -0.39 is 0 Å². The fourth-order valence-electron chi connectivity index (χ4n) is 2.72. The number of aromatic amines is 1. The van der Waals surface area contributed by atoms with Crippen LogP contribution in [0.4, 0.5) is 0 Å². The fraction of sp³-hybridized carbons (Fsp3) is 0.625. The number of aromatic nitrogens is 3. The summed E-state index contributed by atoms with van der Waals surface area (Å²) >= 11 is 0. The molecule has 2 heterocycles. The molecule has 0 aliphatic carbocycles. The second-order valence-electron chi connectivity index (χ2n) is 5.77. The lowest BCUT2D eigenvalue weighted by Gasteiger charge is -2.28. The molecule has 2 rings (SSSR count). The smallest absolute Gasteiger partial charge is 0.116 e. The van der Waals surface area contributed by atoms with Crippen molar-refractivity contribution in [2.24, 2.45) is 0 Å². The maximum Gasteiger partial charge on any atom is 0.116 e. The zero-order chi connectivity index (χ0) is 13.7. The molecule has 0 saturated carbocycles. The summed E-state index contributed by atoms with van der Waals surface area (Å²) in [7, 11) is 0. The molecule has 19 heavy (non-hydrogen) atoms. The highest BCUT2D eigenvalue weighted by Gasteiger charge is 2.27. The van der Waals surface area contributed by atoms with E-state index in [0.717, 1.165) is 11.0 Å². The zero-order valence-corrected chi connectivity index (χ0v) is 12.4. The van der Waals surface area contributed by atoms with Crippen LogP contribution in [0, 0.1) is 0 Å². The Hall–Kier alpha value is -1.38. The fourth-order valence-corrected chi connectivity index (χ4v) is 2.72. The van der Waals surface area contributed by atoms with Crippen molar-refractivity contribution in [1.29, 1.82) is 0 Å². The van der Waals surface area contributed by atoms with Gasteiger partial charge in [0, 0.05) is 11.1 Å². The molecule has 2 aromatic rings. The minimum atomic E-state index is 0.243. The molecule has 0 radical (unpaired) electrons. The Morgan fingerprint density at radius 3 is 2.42 bits per heavy atom. The number of hydrogen-bond acceptors (Lipinski definition) is 2. The third kappa shape index (κ3) is 3.14. The maximum absolute atomic E-state index is 4.33. The van der Waals surface area contributed by atoms with Crippen molar-refractivity contribution < 1.29 is 0 Å². The molecule has 0 amide bonds. The van der Waals surface area contributed by atoms with Crippen molar-refractivity contribution in [2.45, 2.75) is 64.7 Å². The lowest BCUT2D eigenvalue weighted by atomic mass is 9.77. The van der Waals surface area contributed by atoms with Gasteiger partial charge >= 0.3 is 0 Å². The van der Waals surface area contributed by atoms with Gasteiger partial charge in [0.15, 0.2) is 0 Å². The van der Waals surface area contributed by atoms with E-state index in [4.69, 9.17) is 0 Å². The third-order valence-corrected chi connectivity index (χ3v) is 4.11. The van der Waals surface area contributed by atoms with Gasteiger partial charge in [0.05, 0.1) is 17.2 Å². The molecule has 104 valence electrons. The molecule has 3 nitrogen and oxygen atoms in total. The maximum atomic E-state index is 4.33. The Morgan fingerprint density at radius 1 is 1.16 bits per heavy atom. The molecule has 3 heteroatoms. The predicted molar refractivity (Wildman–Crippen MR) is 80.3 cm³/mol. The van der Waals surface area contributed by atoms with E-state index in [1.807, 2.05) is 6.20 Å². The minimum Gasteiger partial charge on any atom is -0.355 e. The second-order valence-corrected chi connectivity index (χ2v) is 5.77. The summed E-state index contributed by atoms with van der Waals surface area (Å²) in [6, 6.07) is 2.21. The molecular weight excluding hydrogens is 234 g/mol. The van der Waals surface area contributed by atoms with Crippen LogP contribution >= 0.6 is 0 Å². The van der Waals surface area contributed by atoms with Crippen LogP contribution in [-0.2, 0) is 5.41 Å². The Balaban J connectivity index is 2.30. The summed E-state index contributed by atoms with van der Waals surface area (Å²) in [6.45, 7) is 6.91. The van der Waals surface area contributed by atoms with Gasteiger partial charge in [-0.1, -0.05) is 46.5 Å². The molecule has 0 spiro atoms. The van der Waals surface area contributed by atoms with E-state index in [9.17, 15) is 0 Å². The Kier molecular flexibility index (Phi) is 4.56. The van der Waals surface area contributed by atoms with Crippen LogP contribution in [0.5, 0.6) is 0 Å². The highest BCUT2D eigenvalue weighted by molar-refractivity contribution is 5.75. The van der Waals surface area contributed by atoms with Crippen molar-refractivity contribution >= 4 is 11.0 Å². The lowest BCUT2D eigenvalue weighted by molar-refractivity contribution is 0.367. The van der Waals surface area contributed by atoms with Crippen molar-refractivity contribution in [2.75, 3.05) is 0 Å². The topological polar surface area (TPSA) is 41.6 Å². The molecule has 1 N–H and O–H groups in total. The normalized spacial score (nSPS) is 12.2. The molecule has 0 fully saturated rings. The number of hydrogen-bond donors (Lipinski definition) is 1. The molecule has 0 atom stereocenters. The van der Waals surface area contributed by atoms with Crippen LogP contribution in [0.1, 0.15) is 65.0 Å². The van der Waals surface area contributed by atoms with Crippen molar-refractivity contribution in [3.63, 3.8) is 0 Å². The number of unbranched alkanes of at least 4 members (excludes halogenated alkanes) is 2. The Labute approximate surface area is 115 Å². The van der Waals surface area contributed by atoms with Gasteiger partial charge in [-0.2, -0.15) is 0 Å². The summed E-state index contributed by atoms with van der Waals surface area (Å²) in [4.78, 5) is 12.0. The minimum absolute atomic E-state index is 0.243. The zero-order valence-electron chi connectivity index (χ0n) is 12.4. The Morgan fingerprint density at radius 2 is 1.84 bits per heavy atom. The Bertz CT molecular complexity index is 474.